The van der Waals surface area contributed by atoms with Gasteiger partial charge >= 0.3 is 0 Å². The van der Waals surface area contributed by atoms with E-state index in [-0.39, 0.29) is 23.1 Å². The fourth-order valence-corrected chi connectivity index (χ4v) is 4.33. The first-order chi connectivity index (χ1) is 11.6. The van der Waals surface area contributed by atoms with E-state index in [1.807, 2.05) is 7.05 Å². The number of carbonyl (C=O) groups excluding carboxylic acids is 2. The molecule has 3 aliphatic rings. The maximum Gasteiger partial charge on any atom is 0.226 e. The molecular weight excluding hydrogens is 300 g/mol. The largest absolute Gasteiger partial charge is 0.353 e. The maximum atomic E-state index is 12.8. The summed E-state index contributed by atoms with van der Waals surface area (Å²) in [5, 5.41) is 2.99. The molecule has 0 saturated heterocycles. The Bertz CT molecular complexity index is 667. The van der Waals surface area contributed by atoms with Crippen molar-refractivity contribution in [1.29, 1.82) is 0 Å². The van der Waals surface area contributed by atoms with Gasteiger partial charge in [0.25, 0.3) is 0 Å². The Balaban J connectivity index is 1.37. The van der Waals surface area contributed by atoms with Crippen molar-refractivity contribution in [2.75, 3.05) is 13.6 Å². The fourth-order valence-electron chi connectivity index (χ4n) is 4.33. The number of rotatable bonds is 5. The van der Waals surface area contributed by atoms with Crippen LogP contribution in [-0.4, -0.2) is 36.3 Å². The number of hydrogen-bond donors (Lipinski definition) is 1. The minimum Gasteiger partial charge on any atom is -0.353 e. The molecule has 2 atom stereocenters. The summed E-state index contributed by atoms with van der Waals surface area (Å²) in [4.78, 5) is 26.4. The molecule has 4 nitrogen and oxygen atoms in total. The summed E-state index contributed by atoms with van der Waals surface area (Å²) in [6.45, 7) is 0.519. The van der Waals surface area contributed by atoms with Gasteiger partial charge in [0.1, 0.15) is 0 Å². The van der Waals surface area contributed by atoms with Crippen LogP contribution >= 0.6 is 0 Å². The summed E-state index contributed by atoms with van der Waals surface area (Å²) in [5.41, 5.74) is 2.90. The Morgan fingerprint density at radius 1 is 1.29 bits per heavy atom. The van der Waals surface area contributed by atoms with E-state index in [4.69, 9.17) is 0 Å². The number of nitrogens with one attached hydrogen (secondary N) is 1. The van der Waals surface area contributed by atoms with Gasteiger partial charge in [-0.3, -0.25) is 9.59 Å². The normalized spacial score (nSPS) is 27.5. The van der Waals surface area contributed by atoms with Gasteiger partial charge in [0.15, 0.2) is 0 Å². The van der Waals surface area contributed by atoms with Crippen molar-refractivity contribution < 1.29 is 9.59 Å². The first kappa shape index (κ1) is 15.7. The molecule has 24 heavy (non-hydrogen) atoms. The molecule has 1 aromatic rings. The molecule has 0 aromatic heterocycles. The molecule has 2 saturated carbocycles. The second-order valence-corrected chi connectivity index (χ2v) is 7.78. The zero-order valence-electron chi connectivity index (χ0n) is 14.4. The Morgan fingerprint density at radius 2 is 2.08 bits per heavy atom. The zero-order valence-corrected chi connectivity index (χ0v) is 14.4. The highest BCUT2D eigenvalue weighted by atomic mass is 16.2. The quantitative estimate of drug-likeness (QED) is 0.903. The van der Waals surface area contributed by atoms with Gasteiger partial charge < -0.3 is 10.2 Å². The number of benzene rings is 1. The van der Waals surface area contributed by atoms with Crippen LogP contribution in [0.2, 0.25) is 0 Å². The molecule has 1 spiro atoms. The van der Waals surface area contributed by atoms with Gasteiger partial charge in [-0.1, -0.05) is 24.3 Å². The van der Waals surface area contributed by atoms with Crippen LogP contribution < -0.4 is 5.32 Å². The minimum absolute atomic E-state index is 0.0747. The van der Waals surface area contributed by atoms with Crippen LogP contribution in [0.3, 0.4) is 0 Å². The van der Waals surface area contributed by atoms with Gasteiger partial charge in [-0.05, 0) is 49.7 Å². The van der Waals surface area contributed by atoms with Crippen LogP contribution in [-0.2, 0) is 21.4 Å². The number of carbonyl (C=O) groups is 2. The summed E-state index contributed by atoms with van der Waals surface area (Å²) >= 11 is 0. The van der Waals surface area contributed by atoms with E-state index < -0.39 is 0 Å². The molecule has 0 heterocycles. The molecule has 2 fully saturated rings. The third-order valence-corrected chi connectivity index (χ3v) is 5.99. The van der Waals surface area contributed by atoms with Crippen LogP contribution in [0.5, 0.6) is 0 Å². The smallest absolute Gasteiger partial charge is 0.226 e. The van der Waals surface area contributed by atoms with Crippen LogP contribution in [0.4, 0.5) is 0 Å². The lowest BCUT2D eigenvalue weighted by atomic mass is 9.78. The molecule has 1 N–H and O–H groups in total. The molecule has 3 aliphatic carbocycles. The highest BCUT2D eigenvalue weighted by Gasteiger charge is 2.60. The van der Waals surface area contributed by atoms with Crippen LogP contribution in [0.15, 0.2) is 24.3 Å². The molecule has 2 amide bonds. The van der Waals surface area contributed by atoms with Crippen molar-refractivity contribution in [3.8, 4) is 0 Å². The molecule has 0 unspecified atom stereocenters. The third kappa shape index (κ3) is 2.83. The van der Waals surface area contributed by atoms with Crippen LogP contribution in [0, 0.1) is 5.92 Å². The number of amides is 2. The average molecular weight is 326 g/mol. The third-order valence-electron chi connectivity index (χ3n) is 5.99. The van der Waals surface area contributed by atoms with Gasteiger partial charge in [-0.2, -0.15) is 0 Å². The van der Waals surface area contributed by atoms with E-state index in [1.54, 1.807) is 4.90 Å². The van der Waals surface area contributed by atoms with E-state index >= 15 is 0 Å². The second kappa shape index (κ2) is 5.91. The standard InChI is InChI=1S/C20H26N2O2/c1-22(12-10-18(23)21-15-8-9-15)19(24)17-13-20(17)11-4-6-14-5-2-3-7-16(14)20/h2-3,5,7,15,17H,4,6,8-13H2,1H3,(H,21,23)/t17-,20-/m0/s1. The lowest BCUT2D eigenvalue weighted by Gasteiger charge is -2.27. The van der Waals surface area contributed by atoms with Crippen molar-refractivity contribution in [1.82, 2.24) is 10.2 Å². The van der Waals surface area contributed by atoms with Gasteiger partial charge in [-0.25, -0.2) is 0 Å². The van der Waals surface area contributed by atoms with Gasteiger partial charge in [0, 0.05) is 37.4 Å². The summed E-state index contributed by atoms with van der Waals surface area (Å²) in [7, 11) is 1.84. The predicted octanol–water partition coefficient (Wildman–Crippen LogP) is 2.41. The second-order valence-electron chi connectivity index (χ2n) is 7.78. The van der Waals surface area contributed by atoms with E-state index in [2.05, 4.69) is 29.6 Å². The van der Waals surface area contributed by atoms with E-state index in [9.17, 15) is 9.59 Å². The summed E-state index contributed by atoms with van der Waals surface area (Å²) in [5.74, 6) is 0.395. The molecule has 1 aromatic carbocycles. The average Bonchev–Trinajstić information content (AvgIpc) is 3.50. The van der Waals surface area contributed by atoms with Gasteiger partial charge in [0.05, 0.1) is 0 Å². The molecule has 0 bridgehead atoms. The Morgan fingerprint density at radius 3 is 2.88 bits per heavy atom. The first-order valence-electron chi connectivity index (χ1n) is 9.23. The van der Waals surface area contributed by atoms with Crippen molar-refractivity contribution >= 4 is 11.8 Å². The van der Waals surface area contributed by atoms with E-state index in [0.29, 0.717) is 19.0 Å². The van der Waals surface area contributed by atoms with Crippen LogP contribution in [0.1, 0.15) is 49.7 Å². The molecule has 4 heteroatoms. The van der Waals surface area contributed by atoms with Crippen molar-refractivity contribution in [2.45, 2.75) is 56.4 Å². The molecule has 0 radical (unpaired) electrons. The highest BCUT2D eigenvalue weighted by molar-refractivity contribution is 5.85. The monoisotopic (exact) mass is 326 g/mol. The van der Waals surface area contributed by atoms with Crippen LogP contribution in [0.25, 0.3) is 0 Å². The van der Waals surface area contributed by atoms with E-state index in [0.717, 1.165) is 32.1 Å². The predicted molar refractivity (Wildman–Crippen MR) is 92.6 cm³/mol. The fraction of sp³-hybridized carbons (Fsp3) is 0.600. The number of fused-ring (bicyclic) bond motifs is 2. The van der Waals surface area contributed by atoms with E-state index in [1.165, 1.54) is 17.5 Å². The lowest BCUT2D eigenvalue weighted by Crippen LogP contribution is -2.35. The van der Waals surface area contributed by atoms with Gasteiger partial charge in [0.2, 0.25) is 11.8 Å². The summed E-state index contributed by atoms with van der Waals surface area (Å²) in [6, 6.07) is 9.01. The Labute approximate surface area is 143 Å². The topological polar surface area (TPSA) is 49.4 Å². The Hall–Kier alpha value is -1.84. The summed E-state index contributed by atoms with van der Waals surface area (Å²) < 4.78 is 0. The first-order valence-corrected chi connectivity index (χ1v) is 9.23. The molecular formula is C20H26N2O2. The minimum atomic E-state index is 0.0747. The zero-order chi connectivity index (χ0) is 16.7. The molecule has 128 valence electrons. The van der Waals surface area contributed by atoms with Crippen molar-refractivity contribution in [3.05, 3.63) is 35.4 Å². The number of nitrogens with zero attached hydrogens (tertiary/aromatic N) is 1. The summed E-state index contributed by atoms with van der Waals surface area (Å²) in [6.07, 6.45) is 7.02. The highest BCUT2D eigenvalue weighted by Crippen LogP contribution is 2.60. The molecule has 4 rings (SSSR count). The SMILES string of the molecule is CN(CCC(=O)NC1CC1)C(=O)[C@@H]1C[C@]12CCCc1ccccc12. The maximum absolute atomic E-state index is 12.8. The van der Waals surface area contributed by atoms with Gasteiger partial charge in [-0.15, -0.1) is 0 Å². The molecule has 0 aliphatic heterocycles. The lowest BCUT2D eigenvalue weighted by molar-refractivity contribution is -0.132. The number of hydrogen-bond acceptors (Lipinski definition) is 2. The van der Waals surface area contributed by atoms with Crippen molar-refractivity contribution in [2.24, 2.45) is 5.92 Å². The Kier molecular flexibility index (Phi) is 3.86. The number of aryl methyl sites for hydroxylation is 1. The van der Waals surface area contributed by atoms with Crippen molar-refractivity contribution in [3.63, 3.8) is 0 Å².